The number of methoxy groups -OCH3 is 2. The van der Waals surface area contributed by atoms with Crippen LogP contribution < -0.4 is 10.1 Å². The van der Waals surface area contributed by atoms with Gasteiger partial charge in [-0.15, -0.1) is 0 Å². The predicted octanol–water partition coefficient (Wildman–Crippen LogP) is 0.862. The van der Waals surface area contributed by atoms with Gasteiger partial charge in [-0.25, -0.2) is 4.68 Å². The van der Waals surface area contributed by atoms with Crippen molar-refractivity contribution in [2.45, 2.75) is 26.5 Å². The first-order chi connectivity index (χ1) is 7.60. The molecule has 1 unspecified atom stereocenters. The molecule has 0 aromatic carbocycles. The molecule has 0 aliphatic carbocycles. The molecule has 5 nitrogen and oxygen atoms in total. The van der Waals surface area contributed by atoms with Gasteiger partial charge in [0.2, 0.25) is 5.88 Å². The molecule has 0 aliphatic heterocycles. The maximum Gasteiger partial charge on any atom is 0.216 e. The molecule has 1 rings (SSSR count). The van der Waals surface area contributed by atoms with Crippen molar-refractivity contribution in [3.8, 4) is 5.88 Å². The van der Waals surface area contributed by atoms with Crippen molar-refractivity contribution >= 4 is 0 Å². The lowest BCUT2D eigenvalue weighted by molar-refractivity contribution is 0.117. The molecule has 0 amide bonds. The molecule has 1 atom stereocenters. The smallest absolute Gasteiger partial charge is 0.216 e. The summed E-state index contributed by atoms with van der Waals surface area (Å²) in [5.74, 6) is 0.815. The minimum atomic E-state index is 0.211. The maximum atomic E-state index is 5.31. The summed E-state index contributed by atoms with van der Waals surface area (Å²) in [4.78, 5) is 0. The molecule has 16 heavy (non-hydrogen) atoms. The second kappa shape index (κ2) is 5.86. The Labute approximate surface area is 96.7 Å². The molecule has 0 aliphatic rings. The summed E-state index contributed by atoms with van der Waals surface area (Å²) in [7, 11) is 5.26. The van der Waals surface area contributed by atoms with Crippen molar-refractivity contribution < 1.29 is 9.47 Å². The van der Waals surface area contributed by atoms with Crippen molar-refractivity contribution in [1.82, 2.24) is 15.1 Å². The van der Waals surface area contributed by atoms with Gasteiger partial charge < -0.3 is 14.8 Å². The van der Waals surface area contributed by atoms with E-state index in [4.69, 9.17) is 9.47 Å². The van der Waals surface area contributed by atoms with Gasteiger partial charge in [0.1, 0.15) is 0 Å². The Morgan fingerprint density at radius 1 is 1.44 bits per heavy atom. The van der Waals surface area contributed by atoms with Crippen LogP contribution in [0.25, 0.3) is 0 Å². The molecule has 1 N–H and O–H groups in total. The van der Waals surface area contributed by atoms with Crippen LogP contribution in [-0.4, -0.2) is 36.6 Å². The fourth-order valence-corrected chi connectivity index (χ4v) is 1.62. The minimum absolute atomic E-state index is 0.211. The van der Waals surface area contributed by atoms with Crippen molar-refractivity contribution in [2.24, 2.45) is 7.05 Å². The van der Waals surface area contributed by atoms with Crippen LogP contribution in [0, 0.1) is 6.92 Å². The summed E-state index contributed by atoms with van der Waals surface area (Å²) < 4.78 is 12.2. The third-order valence-electron chi connectivity index (χ3n) is 2.62. The average molecular weight is 227 g/mol. The van der Waals surface area contributed by atoms with Gasteiger partial charge in [-0.3, -0.25) is 0 Å². The van der Waals surface area contributed by atoms with E-state index in [1.54, 1.807) is 18.9 Å². The third-order valence-corrected chi connectivity index (χ3v) is 2.62. The van der Waals surface area contributed by atoms with Gasteiger partial charge in [0, 0.05) is 27.2 Å². The minimum Gasteiger partial charge on any atom is -0.481 e. The first-order valence-corrected chi connectivity index (χ1v) is 5.40. The van der Waals surface area contributed by atoms with E-state index >= 15 is 0 Å². The number of nitrogens with zero attached hydrogens (tertiary/aromatic N) is 2. The largest absolute Gasteiger partial charge is 0.481 e. The molecule has 0 bridgehead atoms. The van der Waals surface area contributed by atoms with Gasteiger partial charge >= 0.3 is 0 Å². The van der Waals surface area contributed by atoms with Crippen molar-refractivity contribution in [3.63, 3.8) is 0 Å². The maximum absolute atomic E-state index is 5.31. The number of hydrogen-bond donors (Lipinski definition) is 1. The Balaban J connectivity index is 2.59. The Morgan fingerprint density at radius 2 is 2.12 bits per heavy atom. The summed E-state index contributed by atoms with van der Waals surface area (Å²) in [5, 5.41) is 7.64. The third kappa shape index (κ3) is 2.96. The monoisotopic (exact) mass is 227 g/mol. The molecule has 0 spiro atoms. The Bertz CT molecular complexity index is 336. The highest BCUT2D eigenvalue weighted by atomic mass is 16.5. The molecule has 1 heterocycles. The lowest BCUT2D eigenvalue weighted by atomic mass is 10.2. The lowest BCUT2D eigenvalue weighted by Crippen LogP contribution is -2.25. The zero-order valence-electron chi connectivity index (χ0n) is 10.7. The van der Waals surface area contributed by atoms with Crippen molar-refractivity contribution in [2.75, 3.05) is 20.8 Å². The van der Waals surface area contributed by atoms with Gasteiger partial charge in [0.15, 0.2) is 0 Å². The second-order valence-corrected chi connectivity index (χ2v) is 3.87. The Morgan fingerprint density at radius 3 is 2.69 bits per heavy atom. The molecule has 0 radical (unpaired) electrons. The summed E-state index contributed by atoms with van der Waals surface area (Å²) in [6.07, 6.45) is 0.211. The molecule has 1 aromatic rings. The zero-order valence-corrected chi connectivity index (χ0v) is 10.7. The van der Waals surface area contributed by atoms with Gasteiger partial charge in [-0.05, 0) is 13.8 Å². The fraction of sp³-hybridized carbons (Fsp3) is 0.727. The van der Waals surface area contributed by atoms with Crippen LogP contribution in [0.4, 0.5) is 0 Å². The van der Waals surface area contributed by atoms with Crippen LogP contribution in [0.3, 0.4) is 0 Å². The molecular formula is C11H21N3O2. The van der Waals surface area contributed by atoms with E-state index in [1.807, 2.05) is 20.9 Å². The normalized spacial score (nSPS) is 12.8. The highest BCUT2D eigenvalue weighted by Gasteiger charge is 2.13. The topological polar surface area (TPSA) is 48.3 Å². The predicted molar refractivity (Wildman–Crippen MR) is 62.7 cm³/mol. The number of rotatable bonds is 6. The van der Waals surface area contributed by atoms with Crippen molar-refractivity contribution in [3.05, 3.63) is 11.3 Å². The van der Waals surface area contributed by atoms with Crippen LogP contribution >= 0.6 is 0 Å². The first-order valence-electron chi connectivity index (χ1n) is 5.40. The summed E-state index contributed by atoms with van der Waals surface area (Å²) in [5.41, 5.74) is 2.10. The van der Waals surface area contributed by atoms with Gasteiger partial charge in [0.05, 0.1) is 24.5 Å². The number of ether oxygens (including phenoxy) is 2. The van der Waals surface area contributed by atoms with Gasteiger partial charge in [-0.1, -0.05) is 0 Å². The first kappa shape index (κ1) is 13.0. The summed E-state index contributed by atoms with van der Waals surface area (Å²) in [6, 6.07) is 0. The number of hydrogen-bond acceptors (Lipinski definition) is 4. The van der Waals surface area contributed by atoms with E-state index in [-0.39, 0.29) is 6.10 Å². The fourth-order valence-electron chi connectivity index (χ4n) is 1.62. The molecule has 0 fully saturated rings. The Kier molecular flexibility index (Phi) is 4.76. The molecule has 0 saturated heterocycles. The van der Waals surface area contributed by atoms with Crippen LogP contribution in [-0.2, 0) is 18.3 Å². The molecule has 92 valence electrons. The second-order valence-electron chi connectivity index (χ2n) is 3.87. The molecule has 0 saturated carbocycles. The van der Waals surface area contributed by atoms with Gasteiger partial charge in [0.25, 0.3) is 0 Å². The number of aromatic nitrogens is 2. The quantitative estimate of drug-likeness (QED) is 0.783. The van der Waals surface area contributed by atoms with E-state index in [9.17, 15) is 0 Å². The van der Waals surface area contributed by atoms with Crippen LogP contribution in [0.15, 0.2) is 0 Å². The van der Waals surface area contributed by atoms with Crippen LogP contribution in [0.2, 0.25) is 0 Å². The van der Waals surface area contributed by atoms with E-state index in [0.717, 1.165) is 30.2 Å². The highest BCUT2D eigenvalue weighted by Crippen LogP contribution is 2.20. The van der Waals surface area contributed by atoms with Crippen LogP contribution in [0.5, 0.6) is 5.88 Å². The van der Waals surface area contributed by atoms with E-state index in [1.165, 1.54) is 0 Å². The Hall–Kier alpha value is -1.07. The SMILES string of the molecule is COc1c(CNCC(C)OC)c(C)nn1C. The lowest BCUT2D eigenvalue weighted by Gasteiger charge is -2.11. The summed E-state index contributed by atoms with van der Waals surface area (Å²) >= 11 is 0. The van der Waals surface area contributed by atoms with Gasteiger partial charge in [-0.2, -0.15) is 5.10 Å². The van der Waals surface area contributed by atoms with Crippen molar-refractivity contribution in [1.29, 1.82) is 0 Å². The molecule has 1 aromatic heterocycles. The van der Waals surface area contributed by atoms with E-state index in [0.29, 0.717) is 0 Å². The number of nitrogens with one attached hydrogen (secondary N) is 1. The summed E-state index contributed by atoms with van der Waals surface area (Å²) in [6.45, 7) is 5.57. The highest BCUT2D eigenvalue weighted by molar-refractivity contribution is 5.30. The van der Waals surface area contributed by atoms with E-state index < -0.39 is 0 Å². The average Bonchev–Trinajstić information content (AvgIpc) is 2.53. The zero-order chi connectivity index (χ0) is 12.1. The molecule has 5 heteroatoms. The standard InChI is InChI=1S/C11H21N3O2/c1-8(15-4)6-12-7-10-9(2)13-14(3)11(10)16-5/h8,12H,6-7H2,1-5H3. The number of aryl methyl sites for hydroxylation is 2. The van der Waals surface area contributed by atoms with Crippen LogP contribution in [0.1, 0.15) is 18.2 Å². The van der Waals surface area contributed by atoms with E-state index in [2.05, 4.69) is 10.4 Å². The molecular weight excluding hydrogens is 206 g/mol.